The Bertz CT molecular complexity index is 243. The summed E-state index contributed by atoms with van der Waals surface area (Å²) in [6.45, 7) is 3.33. The maximum Gasteiger partial charge on any atom is 0.257 e. The molecule has 0 aliphatic carbocycles. The Hall–Kier alpha value is -0.930. The largest absolute Gasteiger partial charge is 0.264 e. The van der Waals surface area contributed by atoms with Gasteiger partial charge in [0.1, 0.15) is 6.54 Å². The van der Waals surface area contributed by atoms with E-state index < -0.39 is 6.43 Å². The van der Waals surface area contributed by atoms with Crippen molar-refractivity contribution in [1.82, 2.24) is 9.78 Å². The second kappa shape index (κ2) is 2.98. The minimum absolute atomic E-state index is 0.306. The Morgan fingerprint density at radius 3 is 2.55 bits per heavy atom. The van der Waals surface area contributed by atoms with Gasteiger partial charge in [0.15, 0.2) is 0 Å². The van der Waals surface area contributed by atoms with Crippen molar-refractivity contribution in [2.75, 3.05) is 0 Å². The van der Waals surface area contributed by atoms with E-state index in [1.807, 2.05) is 6.92 Å². The van der Waals surface area contributed by atoms with Crippen LogP contribution in [0.5, 0.6) is 0 Å². The number of hydrogen-bond donors (Lipinski definition) is 0. The Morgan fingerprint density at radius 2 is 2.18 bits per heavy atom. The van der Waals surface area contributed by atoms with E-state index in [2.05, 4.69) is 5.10 Å². The maximum atomic E-state index is 11.8. The zero-order chi connectivity index (χ0) is 8.43. The first-order chi connectivity index (χ1) is 5.11. The van der Waals surface area contributed by atoms with Gasteiger partial charge in [-0.1, -0.05) is 0 Å². The Balaban J connectivity index is 2.79. The van der Waals surface area contributed by atoms with E-state index in [4.69, 9.17) is 0 Å². The van der Waals surface area contributed by atoms with Crippen LogP contribution < -0.4 is 0 Å². The first-order valence-electron chi connectivity index (χ1n) is 3.38. The molecular formula is C7H10F2N2. The average Bonchev–Trinajstić information content (AvgIpc) is 2.18. The molecule has 1 aromatic heterocycles. The van der Waals surface area contributed by atoms with E-state index >= 15 is 0 Å². The molecule has 2 nitrogen and oxygen atoms in total. The minimum atomic E-state index is -2.33. The number of nitrogens with zero attached hydrogens (tertiary/aromatic N) is 2. The summed E-state index contributed by atoms with van der Waals surface area (Å²) in [6.07, 6.45) is -0.731. The van der Waals surface area contributed by atoms with Gasteiger partial charge in [-0.05, 0) is 19.4 Å². The molecule has 0 radical (unpaired) electrons. The van der Waals surface area contributed by atoms with Crippen LogP contribution in [0.15, 0.2) is 6.20 Å². The fourth-order valence-electron chi connectivity index (χ4n) is 0.855. The third kappa shape index (κ3) is 1.76. The smallest absolute Gasteiger partial charge is 0.257 e. The molecule has 0 atom stereocenters. The second-order valence-electron chi connectivity index (χ2n) is 2.49. The highest BCUT2D eigenvalue weighted by Gasteiger charge is 2.07. The molecule has 0 spiro atoms. The molecule has 4 heteroatoms. The van der Waals surface area contributed by atoms with Crippen LogP contribution in [0.2, 0.25) is 0 Å². The van der Waals surface area contributed by atoms with Crippen molar-refractivity contribution in [2.45, 2.75) is 26.8 Å². The van der Waals surface area contributed by atoms with Crippen molar-refractivity contribution in [3.05, 3.63) is 17.5 Å². The van der Waals surface area contributed by atoms with Gasteiger partial charge in [-0.3, -0.25) is 4.68 Å². The van der Waals surface area contributed by atoms with Crippen molar-refractivity contribution >= 4 is 0 Å². The second-order valence-corrected chi connectivity index (χ2v) is 2.49. The van der Waals surface area contributed by atoms with E-state index in [0.29, 0.717) is 0 Å². The monoisotopic (exact) mass is 160 g/mol. The summed E-state index contributed by atoms with van der Waals surface area (Å²) >= 11 is 0. The average molecular weight is 160 g/mol. The molecule has 1 heterocycles. The third-order valence-electron chi connectivity index (χ3n) is 1.66. The Labute approximate surface area is 63.8 Å². The molecule has 0 saturated carbocycles. The van der Waals surface area contributed by atoms with Crippen LogP contribution in [0.25, 0.3) is 0 Å². The highest BCUT2D eigenvalue weighted by Crippen LogP contribution is 2.06. The molecule has 0 aliphatic heterocycles. The minimum Gasteiger partial charge on any atom is -0.264 e. The van der Waals surface area contributed by atoms with Crippen molar-refractivity contribution < 1.29 is 8.78 Å². The van der Waals surface area contributed by atoms with Crippen molar-refractivity contribution in [2.24, 2.45) is 0 Å². The normalized spacial score (nSPS) is 11.0. The van der Waals surface area contributed by atoms with Gasteiger partial charge < -0.3 is 0 Å². The Kier molecular flexibility index (Phi) is 2.22. The number of alkyl halides is 2. The predicted octanol–water partition coefficient (Wildman–Crippen LogP) is 1.77. The summed E-state index contributed by atoms with van der Waals surface area (Å²) < 4.78 is 25.0. The van der Waals surface area contributed by atoms with E-state index in [1.54, 1.807) is 13.1 Å². The molecule has 0 saturated heterocycles. The summed E-state index contributed by atoms with van der Waals surface area (Å²) in [4.78, 5) is 0. The lowest BCUT2D eigenvalue weighted by atomic mass is 10.3. The molecule has 1 rings (SSSR count). The number of aryl methyl sites for hydroxylation is 1. The van der Waals surface area contributed by atoms with Gasteiger partial charge in [0.25, 0.3) is 6.43 Å². The number of aromatic nitrogens is 2. The molecule has 62 valence electrons. The molecule has 0 N–H and O–H groups in total. The van der Waals surface area contributed by atoms with Gasteiger partial charge >= 0.3 is 0 Å². The van der Waals surface area contributed by atoms with E-state index in [1.165, 1.54) is 4.68 Å². The molecule has 0 amide bonds. The highest BCUT2D eigenvalue weighted by atomic mass is 19.3. The first kappa shape index (κ1) is 8.17. The van der Waals surface area contributed by atoms with Gasteiger partial charge in [0.05, 0.1) is 6.20 Å². The lowest BCUT2D eigenvalue weighted by molar-refractivity contribution is 0.121. The summed E-state index contributed by atoms with van der Waals surface area (Å²) in [6, 6.07) is 0. The highest BCUT2D eigenvalue weighted by molar-refractivity contribution is 5.13. The Morgan fingerprint density at radius 1 is 1.55 bits per heavy atom. The topological polar surface area (TPSA) is 17.8 Å². The fourth-order valence-corrected chi connectivity index (χ4v) is 0.855. The van der Waals surface area contributed by atoms with Crippen LogP contribution in [0.3, 0.4) is 0 Å². The van der Waals surface area contributed by atoms with Gasteiger partial charge in [-0.25, -0.2) is 8.78 Å². The van der Waals surface area contributed by atoms with Crippen molar-refractivity contribution in [3.8, 4) is 0 Å². The quantitative estimate of drug-likeness (QED) is 0.644. The zero-order valence-electron chi connectivity index (χ0n) is 6.51. The number of halogens is 2. The summed E-state index contributed by atoms with van der Waals surface area (Å²) in [5.41, 5.74) is 1.76. The van der Waals surface area contributed by atoms with Crippen LogP contribution in [0, 0.1) is 13.8 Å². The fraction of sp³-hybridized carbons (Fsp3) is 0.571. The van der Waals surface area contributed by atoms with Gasteiger partial charge in [0, 0.05) is 5.69 Å². The van der Waals surface area contributed by atoms with Crippen LogP contribution in [-0.4, -0.2) is 16.2 Å². The SMILES string of the molecule is Cc1cnn(CC(F)F)c1C. The van der Waals surface area contributed by atoms with Gasteiger partial charge in [0.2, 0.25) is 0 Å². The lowest BCUT2D eigenvalue weighted by Gasteiger charge is -2.02. The van der Waals surface area contributed by atoms with Crippen LogP contribution in [-0.2, 0) is 6.54 Å². The molecular weight excluding hydrogens is 150 g/mol. The zero-order valence-corrected chi connectivity index (χ0v) is 6.51. The summed E-state index contributed by atoms with van der Waals surface area (Å²) in [7, 11) is 0. The van der Waals surface area contributed by atoms with Crippen LogP contribution >= 0.6 is 0 Å². The molecule has 11 heavy (non-hydrogen) atoms. The van der Waals surface area contributed by atoms with Crippen molar-refractivity contribution in [1.29, 1.82) is 0 Å². The molecule has 0 bridgehead atoms. The van der Waals surface area contributed by atoms with E-state index in [-0.39, 0.29) is 6.54 Å². The molecule has 0 unspecified atom stereocenters. The molecule has 0 aliphatic rings. The third-order valence-corrected chi connectivity index (χ3v) is 1.66. The first-order valence-corrected chi connectivity index (χ1v) is 3.38. The van der Waals surface area contributed by atoms with Crippen LogP contribution in [0.1, 0.15) is 11.3 Å². The lowest BCUT2D eigenvalue weighted by Crippen LogP contribution is -2.09. The van der Waals surface area contributed by atoms with E-state index in [9.17, 15) is 8.78 Å². The molecule has 0 fully saturated rings. The van der Waals surface area contributed by atoms with Gasteiger partial charge in [-0.2, -0.15) is 5.10 Å². The summed E-state index contributed by atoms with van der Waals surface area (Å²) in [5.74, 6) is 0. The summed E-state index contributed by atoms with van der Waals surface area (Å²) in [5, 5.41) is 3.79. The van der Waals surface area contributed by atoms with Crippen LogP contribution in [0.4, 0.5) is 8.78 Å². The molecule has 1 aromatic rings. The maximum absolute atomic E-state index is 11.8. The van der Waals surface area contributed by atoms with Crippen molar-refractivity contribution in [3.63, 3.8) is 0 Å². The van der Waals surface area contributed by atoms with Gasteiger partial charge in [-0.15, -0.1) is 0 Å². The number of hydrogen-bond acceptors (Lipinski definition) is 1. The number of rotatable bonds is 2. The van der Waals surface area contributed by atoms with E-state index in [0.717, 1.165) is 11.3 Å². The molecule has 0 aromatic carbocycles. The standard InChI is InChI=1S/C7H10F2N2/c1-5-3-10-11(6(5)2)4-7(8)9/h3,7H,4H2,1-2H3. The predicted molar refractivity (Wildman–Crippen MR) is 37.7 cm³/mol.